The third-order valence-electron chi connectivity index (χ3n) is 4.16. The smallest absolute Gasteiger partial charge is 0.267 e. The van der Waals surface area contributed by atoms with Gasteiger partial charge in [-0.2, -0.15) is 0 Å². The molecule has 5 nitrogen and oxygen atoms in total. The van der Waals surface area contributed by atoms with Crippen molar-refractivity contribution in [2.75, 3.05) is 6.61 Å². The molecule has 1 amide bonds. The maximum absolute atomic E-state index is 14.2. The van der Waals surface area contributed by atoms with Crippen LogP contribution in [0.4, 0.5) is 8.78 Å². The molecule has 0 bridgehead atoms. The van der Waals surface area contributed by atoms with Gasteiger partial charge in [-0.25, -0.2) is 13.8 Å². The van der Waals surface area contributed by atoms with Crippen LogP contribution in [0.5, 0.6) is 5.88 Å². The van der Waals surface area contributed by atoms with Gasteiger partial charge in [-0.1, -0.05) is 6.92 Å². The molecule has 126 valence electrons. The fourth-order valence-electron chi connectivity index (χ4n) is 2.85. The summed E-state index contributed by atoms with van der Waals surface area (Å²) < 4.78 is 33.1. The van der Waals surface area contributed by atoms with Crippen LogP contribution in [0.1, 0.15) is 23.0 Å². The number of pyridine rings is 1. The van der Waals surface area contributed by atoms with Crippen molar-refractivity contribution in [1.29, 1.82) is 0 Å². The topological polar surface area (TPSA) is 85.4 Å². The minimum absolute atomic E-state index is 0.0361. The molecule has 3 N–H and O–H groups in total. The number of rotatable bonds is 3. The van der Waals surface area contributed by atoms with Crippen molar-refractivity contribution in [1.82, 2.24) is 4.98 Å². The van der Waals surface area contributed by atoms with Crippen molar-refractivity contribution in [2.24, 2.45) is 11.7 Å². The standard InChI is InChI=1S/C17H16F2N2O3/c1-8-4-12-11(10-3-2-9(18)5-13(10)19)6-14(16(20)23)21-17(12)24-15(8)7-22/h2-3,5-6,8,15,22H,4,7H2,1H3,(H2,20,23)/t8-,15-/m0/s1. The number of aliphatic hydroxyl groups is 1. The van der Waals surface area contributed by atoms with Crippen LogP contribution in [0.25, 0.3) is 11.1 Å². The number of primary amides is 1. The van der Waals surface area contributed by atoms with Crippen LogP contribution in [0.2, 0.25) is 0 Å². The van der Waals surface area contributed by atoms with Gasteiger partial charge in [0, 0.05) is 17.2 Å². The Morgan fingerprint density at radius 1 is 1.38 bits per heavy atom. The highest BCUT2D eigenvalue weighted by molar-refractivity contribution is 5.93. The molecule has 2 heterocycles. The number of amides is 1. The van der Waals surface area contributed by atoms with E-state index in [1.807, 2.05) is 6.92 Å². The van der Waals surface area contributed by atoms with E-state index >= 15 is 0 Å². The van der Waals surface area contributed by atoms with E-state index in [0.717, 1.165) is 12.1 Å². The van der Waals surface area contributed by atoms with Crippen LogP contribution in [0.3, 0.4) is 0 Å². The quantitative estimate of drug-likeness (QED) is 0.900. The first-order chi connectivity index (χ1) is 11.4. The van der Waals surface area contributed by atoms with Gasteiger partial charge in [0.1, 0.15) is 23.4 Å². The van der Waals surface area contributed by atoms with E-state index in [4.69, 9.17) is 10.5 Å². The molecule has 0 unspecified atom stereocenters. The third-order valence-corrected chi connectivity index (χ3v) is 4.16. The lowest BCUT2D eigenvalue weighted by molar-refractivity contribution is 0.0561. The first kappa shape index (κ1) is 16.3. The molecular formula is C17H16F2N2O3. The zero-order valence-corrected chi connectivity index (χ0v) is 12.9. The molecule has 7 heteroatoms. The average molecular weight is 334 g/mol. The minimum Gasteiger partial charge on any atom is -0.471 e. The highest BCUT2D eigenvalue weighted by Crippen LogP contribution is 2.38. The first-order valence-electron chi connectivity index (χ1n) is 7.47. The van der Waals surface area contributed by atoms with Crippen LogP contribution in [-0.2, 0) is 6.42 Å². The van der Waals surface area contributed by atoms with Gasteiger partial charge < -0.3 is 15.6 Å². The van der Waals surface area contributed by atoms with Gasteiger partial charge in [0.05, 0.1) is 6.61 Å². The summed E-state index contributed by atoms with van der Waals surface area (Å²) in [5.41, 5.74) is 6.32. The lowest BCUT2D eigenvalue weighted by Gasteiger charge is -2.31. The molecule has 0 saturated carbocycles. The van der Waals surface area contributed by atoms with Gasteiger partial charge in [-0.05, 0) is 36.1 Å². The molecule has 1 aromatic carbocycles. The molecule has 0 spiro atoms. The van der Waals surface area contributed by atoms with E-state index in [1.165, 1.54) is 12.1 Å². The molecule has 24 heavy (non-hydrogen) atoms. The number of benzene rings is 1. The van der Waals surface area contributed by atoms with Gasteiger partial charge in [0.25, 0.3) is 5.91 Å². The Labute approximate surface area is 137 Å². The summed E-state index contributed by atoms with van der Waals surface area (Å²) in [6, 6.07) is 4.59. The number of hydrogen-bond acceptors (Lipinski definition) is 4. The Morgan fingerprint density at radius 2 is 2.12 bits per heavy atom. The number of ether oxygens (including phenoxy) is 1. The second-order valence-corrected chi connectivity index (χ2v) is 5.85. The largest absolute Gasteiger partial charge is 0.471 e. The van der Waals surface area contributed by atoms with Crippen LogP contribution in [0.15, 0.2) is 24.3 Å². The predicted molar refractivity (Wildman–Crippen MR) is 82.5 cm³/mol. The number of carbonyl (C=O) groups is 1. The molecule has 1 aliphatic heterocycles. The van der Waals surface area contributed by atoms with Crippen LogP contribution in [0, 0.1) is 17.6 Å². The van der Waals surface area contributed by atoms with Crippen LogP contribution in [-0.4, -0.2) is 28.7 Å². The van der Waals surface area contributed by atoms with E-state index in [-0.39, 0.29) is 29.7 Å². The van der Waals surface area contributed by atoms with Crippen molar-refractivity contribution in [2.45, 2.75) is 19.4 Å². The van der Waals surface area contributed by atoms with Crippen molar-refractivity contribution in [3.63, 3.8) is 0 Å². The summed E-state index contributed by atoms with van der Waals surface area (Å²) in [5, 5.41) is 9.38. The molecule has 2 atom stereocenters. The molecule has 1 aliphatic rings. The summed E-state index contributed by atoms with van der Waals surface area (Å²) in [7, 11) is 0. The first-order valence-corrected chi connectivity index (χ1v) is 7.47. The molecule has 0 saturated heterocycles. The van der Waals surface area contributed by atoms with E-state index in [2.05, 4.69) is 4.98 Å². The van der Waals surface area contributed by atoms with Crippen molar-refractivity contribution in [3.05, 3.63) is 47.2 Å². The summed E-state index contributed by atoms with van der Waals surface area (Å²) in [6.45, 7) is 1.68. The number of aromatic nitrogens is 1. The van der Waals surface area contributed by atoms with Gasteiger partial charge in [0.15, 0.2) is 0 Å². The summed E-state index contributed by atoms with van der Waals surface area (Å²) in [6.07, 6.45) is -0.00213. The Hall–Kier alpha value is -2.54. The van der Waals surface area contributed by atoms with Crippen molar-refractivity contribution in [3.8, 4) is 17.0 Å². The second-order valence-electron chi connectivity index (χ2n) is 5.85. The lowest BCUT2D eigenvalue weighted by Crippen LogP contribution is -2.35. The Morgan fingerprint density at radius 3 is 2.75 bits per heavy atom. The summed E-state index contributed by atoms with van der Waals surface area (Å²) in [5.74, 6) is -2.13. The van der Waals surface area contributed by atoms with E-state index in [9.17, 15) is 18.7 Å². The summed E-state index contributed by atoms with van der Waals surface area (Å²) in [4.78, 5) is 15.6. The summed E-state index contributed by atoms with van der Waals surface area (Å²) >= 11 is 0. The zero-order valence-electron chi connectivity index (χ0n) is 12.9. The third kappa shape index (κ3) is 2.82. The Bertz CT molecular complexity index is 811. The number of aliphatic hydroxyl groups excluding tert-OH is 1. The normalized spacial score (nSPS) is 19.5. The number of nitrogens with two attached hydrogens (primary N) is 1. The predicted octanol–water partition coefficient (Wildman–Crippen LogP) is 2.06. The molecule has 1 aromatic heterocycles. The van der Waals surface area contributed by atoms with Crippen LogP contribution < -0.4 is 10.5 Å². The molecule has 0 radical (unpaired) electrons. The van der Waals surface area contributed by atoms with E-state index in [1.54, 1.807) is 0 Å². The van der Waals surface area contributed by atoms with Gasteiger partial charge >= 0.3 is 0 Å². The highest BCUT2D eigenvalue weighted by Gasteiger charge is 2.31. The monoisotopic (exact) mass is 334 g/mol. The Balaban J connectivity index is 2.21. The fraction of sp³-hybridized carbons (Fsp3) is 0.294. The minimum atomic E-state index is -0.788. The number of nitrogens with zero attached hydrogens (tertiary/aromatic N) is 1. The Kier molecular flexibility index (Phi) is 4.19. The molecular weight excluding hydrogens is 318 g/mol. The van der Waals surface area contributed by atoms with Crippen molar-refractivity contribution >= 4 is 5.91 Å². The molecule has 0 fully saturated rings. The van der Waals surface area contributed by atoms with E-state index in [0.29, 0.717) is 17.5 Å². The van der Waals surface area contributed by atoms with E-state index < -0.39 is 23.6 Å². The highest BCUT2D eigenvalue weighted by atomic mass is 19.1. The van der Waals surface area contributed by atoms with Gasteiger partial charge in [0.2, 0.25) is 5.88 Å². The number of fused-ring (bicyclic) bond motifs is 1. The van der Waals surface area contributed by atoms with Crippen molar-refractivity contribution < 1.29 is 23.4 Å². The van der Waals surface area contributed by atoms with Gasteiger partial charge in [-0.3, -0.25) is 4.79 Å². The number of halogens is 2. The lowest BCUT2D eigenvalue weighted by atomic mass is 9.88. The SMILES string of the molecule is C[C@H]1Cc2c(-c3ccc(F)cc3F)cc(C(N)=O)nc2O[C@H]1CO. The average Bonchev–Trinajstić information content (AvgIpc) is 2.53. The fourth-order valence-corrected chi connectivity index (χ4v) is 2.85. The maximum atomic E-state index is 14.2. The van der Waals surface area contributed by atoms with Gasteiger partial charge in [-0.15, -0.1) is 0 Å². The molecule has 0 aliphatic carbocycles. The maximum Gasteiger partial charge on any atom is 0.267 e. The number of carbonyl (C=O) groups excluding carboxylic acids is 1. The molecule has 3 rings (SSSR count). The zero-order chi connectivity index (χ0) is 17.4. The number of hydrogen-bond donors (Lipinski definition) is 2. The van der Waals surface area contributed by atoms with Crippen LogP contribution >= 0.6 is 0 Å². The molecule has 2 aromatic rings. The second kappa shape index (κ2) is 6.16.